The van der Waals surface area contributed by atoms with Gasteiger partial charge in [0.2, 0.25) is 11.9 Å². The molecule has 2 fully saturated rings. The standard InChI is InChI=1S/C24H27N7O3S/c32-20(16-19-21(33)28-24(35-19)31-10-1-2-11-31)27-18-6-4-17(5-7-18)22(34)29-12-14-30(15-13-29)23-25-8-3-9-26-23/h3-9,19H,1-2,10-16H2,(H,27,32)/t19-/m1/s1. The zero-order valence-corrected chi connectivity index (χ0v) is 20.1. The molecule has 1 aromatic heterocycles. The van der Waals surface area contributed by atoms with Crippen molar-refractivity contribution in [3.05, 3.63) is 48.3 Å². The van der Waals surface area contributed by atoms with Gasteiger partial charge in [-0.3, -0.25) is 14.4 Å². The topological polar surface area (TPSA) is 111 Å². The maximum Gasteiger partial charge on any atom is 0.262 e. The number of carbonyl (C=O) groups excluding carboxylic acids is 3. The number of nitrogens with one attached hydrogen (secondary N) is 1. The maximum absolute atomic E-state index is 12.9. The van der Waals surface area contributed by atoms with E-state index in [1.54, 1.807) is 42.7 Å². The maximum atomic E-state index is 12.9. The van der Waals surface area contributed by atoms with Gasteiger partial charge >= 0.3 is 0 Å². The van der Waals surface area contributed by atoms with Gasteiger partial charge in [-0.05, 0) is 43.2 Å². The molecule has 0 spiro atoms. The summed E-state index contributed by atoms with van der Waals surface area (Å²) in [5, 5.41) is 3.09. The quantitative estimate of drug-likeness (QED) is 0.672. The molecule has 1 N–H and O–H groups in total. The number of nitrogens with zero attached hydrogens (tertiary/aromatic N) is 6. The average molecular weight is 494 g/mol. The van der Waals surface area contributed by atoms with Gasteiger partial charge in [-0.25, -0.2) is 9.97 Å². The lowest BCUT2D eigenvalue weighted by molar-refractivity contribution is -0.121. The summed E-state index contributed by atoms with van der Waals surface area (Å²) in [4.78, 5) is 56.4. The highest BCUT2D eigenvalue weighted by Crippen LogP contribution is 2.29. The van der Waals surface area contributed by atoms with Gasteiger partial charge in [0.05, 0.1) is 0 Å². The van der Waals surface area contributed by atoms with Gasteiger partial charge in [0.1, 0.15) is 5.25 Å². The number of amidine groups is 1. The number of carbonyl (C=O) groups is 3. The molecule has 0 bridgehead atoms. The van der Waals surface area contributed by atoms with E-state index in [-0.39, 0.29) is 24.1 Å². The van der Waals surface area contributed by atoms with Crippen molar-refractivity contribution in [2.75, 3.05) is 49.5 Å². The monoisotopic (exact) mass is 493 g/mol. The SMILES string of the molecule is O=C(C[C@H]1SC(N2CCCC2)=NC1=O)Nc1ccc(C(=O)N2CCN(c3ncccn3)CC2)cc1. The molecular weight excluding hydrogens is 466 g/mol. The Labute approximate surface area is 207 Å². The van der Waals surface area contributed by atoms with Crippen LogP contribution in [-0.2, 0) is 9.59 Å². The first-order valence-corrected chi connectivity index (χ1v) is 12.7. The Balaban J connectivity index is 1.10. The Kier molecular flexibility index (Phi) is 6.94. The van der Waals surface area contributed by atoms with E-state index in [0.29, 0.717) is 43.4 Å². The lowest BCUT2D eigenvalue weighted by atomic mass is 10.1. The number of aromatic nitrogens is 2. The largest absolute Gasteiger partial charge is 0.351 e. The molecule has 0 radical (unpaired) electrons. The predicted octanol–water partition coefficient (Wildman–Crippen LogP) is 1.86. The molecule has 2 saturated heterocycles. The van der Waals surface area contributed by atoms with Crippen molar-refractivity contribution in [3.8, 4) is 0 Å². The molecule has 4 heterocycles. The molecule has 11 heteroatoms. The van der Waals surface area contributed by atoms with Crippen LogP contribution in [0.2, 0.25) is 0 Å². The zero-order chi connectivity index (χ0) is 24.2. The number of aliphatic imine (C=N–C) groups is 1. The Bertz CT molecular complexity index is 1110. The number of hydrogen-bond donors (Lipinski definition) is 1. The van der Waals surface area contributed by atoms with Gasteiger partial charge in [-0.15, -0.1) is 0 Å². The predicted molar refractivity (Wildman–Crippen MR) is 134 cm³/mol. The van der Waals surface area contributed by atoms with Crippen molar-refractivity contribution in [2.45, 2.75) is 24.5 Å². The highest BCUT2D eigenvalue weighted by molar-refractivity contribution is 8.15. The van der Waals surface area contributed by atoms with Gasteiger partial charge in [0.25, 0.3) is 11.8 Å². The van der Waals surface area contributed by atoms with Gasteiger partial charge in [0.15, 0.2) is 5.17 Å². The third-order valence-electron chi connectivity index (χ3n) is 6.29. The molecule has 0 aliphatic carbocycles. The van der Waals surface area contributed by atoms with E-state index in [1.165, 1.54) is 11.8 Å². The molecule has 3 amide bonds. The fourth-order valence-electron chi connectivity index (χ4n) is 4.38. The van der Waals surface area contributed by atoms with Gasteiger partial charge in [0, 0.05) is 69.3 Å². The molecule has 0 unspecified atom stereocenters. The molecule has 2 aromatic rings. The van der Waals surface area contributed by atoms with Crippen LogP contribution in [0.4, 0.5) is 11.6 Å². The summed E-state index contributed by atoms with van der Waals surface area (Å²) >= 11 is 1.38. The summed E-state index contributed by atoms with van der Waals surface area (Å²) in [6.45, 7) is 4.35. The Morgan fingerprint density at radius 2 is 1.63 bits per heavy atom. The third kappa shape index (κ3) is 5.45. The minimum Gasteiger partial charge on any atom is -0.351 e. The van der Waals surface area contributed by atoms with Crippen molar-refractivity contribution in [1.29, 1.82) is 0 Å². The van der Waals surface area contributed by atoms with Crippen LogP contribution in [0, 0.1) is 0 Å². The molecule has 3 aliphatic heterocycles. The van der Waals surface area contributed by atoms with Gasteiger partial charge in [-0.1, -0.05) is 11.8 Å². The van der Waals surface area contributed by atoms with Crippen LogP contribution in [-0.4, -0.2) is 87.2 Å². The Morgan fingerprint density at radius 1 is 0.943 bits per heavy atom. The lowest BCUT2D eigenvalue weighted by Gasteiger charge is -2.34. The fourth-order valence-corrected chi connectivity index (χ4v) is 5.49. The molecule has 10 nitrogen and oxygen atoms in total. The number of benzene rings is 1. The van der Waals surface area contributed by atoms with Crippen LogP contribution < -0.4 is 10.2 Å². The minimum atomic E-state index is -0.480. The molecule has 1 atom stereocenters. The number of anilines is 2. The van der Waals surface area contributed by atoms with Crippen molar-refractivity contribution < 1.29 is 14.4 Å². The first-order chi connectivity index (χ1) is 17.1. The molecule has 5 rings (SSSR count). The number of rotatable bonds is 5. The number of likely N-dealkylation sites (tertiary alicyclic amines) is 1. The van der Waals surface area contributed by atoms with E-state index in [0.717, 1.165) is 31.1 Å². The summed E-state index contributed by atoms with van der Waals surface area (Å²) in [5.74, 6) is 0.145. The van der Waals surface area contributed by atoms with E-state index in [1.807, 2.05) is 4.90 Å². The first-order valence-electron chi connectivity index (χ1n) is 11.8. The summed E-state index contributed by atoms with van der Waals surface area (Å²) < 4.78 is 0. The second-order valence-electron chi connectivity index (χ2n) is 8.69. The highest BCUT2D eigenvalue weighted by Gasteiger charge is 2.33. The smallest absolute Gasteiger partial charge is 0.262 e. The van der Waals surface area contributed by atoms with E-state index >= 15 is 0 Å². The second-order valence-corrected chi connectivity index (χ2v) is 9.86. The van der Waals surface area contributed by atoms with Crippen molar-refractivity contribution in [1.82, 2.24) is 19.8 Å². The first kappa shape index (κ1) is 23.3. The van der Waals surface area contributed by atoms with E-state index in [4.69, 9.17) is 0 Å². The van der Waals surface area contributed by atoms with E-state index < -0.39 is 5.25 Å². The van der Waals surface area contributed by atoms with Gasteiger partial charge < -0.3 is 20.0 Å². The lowest BCUT2D eigenvalue weighted by Crippen LogP contribution is -2.49. The second kappa shape index (κ2) is 10.4. The molecule has 0 saturated carbocycles. The summed E-state index contributed by atoms with van der Waals surface area (Å²) in [5.41, 5.74) is 1.16. The summed E-state index contributed by atoms with van der Waals surface area (Å²) in [7, 11) is 0. The van der Waals surface area contributed by atoms with Crippen LogP contribution in [0.5, 0.6) is 0 Å². The molecular formula is C24H27N7O3S. The van der Waals surface area contributed by atoms with Crippen molar-refractivity contribution in [2.24, 2.45) is 4.99 Å². The van der Waals surface area contributed by atoms with E-state index in [2.05, 4.69) is 30.1 Å². The van der Waals surface area contributed by atoms with Crippen LogP contribution in [0.15, 0.2) is 47.7 Å². The van der Waals surface area contributed by atoms with Crippen LogP contribution in [0.25, 0.3) is 0 Å². The van der Waals surface area contributed by atoms with Crippen LogP contribution in [0.3, 0.4) is 0 Å². The normalized spacial score (nSPS) is 20.2. The molecule has 3 aliphatic rings. The summed E-state index contributed by atoms with van der Waals surface area (Å²) in [6.07, 6.45) is 5.71. The number of thioether (sulfide) groups is 1. The highest BCUT2D eigenvalue weighted by atomic mass is 32.2. The molecule has 1 aromatic carbocycles. The summed E-state index contributed by atoms with van der Waals surface area (Å²) in [6, 6.07) is 8.65. The van der Waals surface area contributed by atoms with Crippen molar-refractivity contribution in [3.63, 3.8) is 0 Å². The van der Waals surface area contributed by atoms with E-state index in [9.17, 15) is 14.4 Å². The Morgan fingerprint density at radius 3 is 2.31 bits per heavy atom. The molecule has 182 valence electrons. The van der Waals surface area contributed by atoms with Crippen molar-refractivity contribution >= 4 is 46.3 Å². The van der Waals surface area contributed by atoms with Gasteiger partial charge in [-0.2, -0.15) is 4.99 Å². The third-order valence-corrected chi connectivity index (χ3v) is 7.51. The minimum absolute atomic E-state index is 0.0453. The number of hydrogen-bond acceptors (Lipinski definition) is 8. The fraction of sp³-hybridized carbons (Fsp3) is 0.417. The average Bonchev–Trinajstić information content (AvgIpc) is 3.55. The number of piperazine rings is 1. The zero-order valence-electron chi connectivity index (χ0n) is 19.3. The molecule has 35 heavy (non-hydrogen) atoms. The Hall–Kier alpha value is -3.47. The number of amides is 3. The van der Waals surface area contributed by atoms with Crippen LogP contribution >= 0.6 is 11.8 Å². The van der Waals surface area contributed by atoms with Crippen LogP contribution in [0.1, 0.15) is 29.6 Å².